The summed E-state index contributed by atoms with van der Waals surface area (Å²) < 4.78 is 2.04. The molecule has 0 saturated carbocycles. The van der Waals surface area contributed by atoms with Crippen LogP contribution in [0.15, 0.2) is 60.8 Å². The second-order valence-electron chi connectivity index (χ2n) is 7.45. The smallest absolute Gasteiger partial charge is 0.253 e. The third-order valence-corrected chi connectivity index (χ3v) is 5.78. The first-order valence-electron chi connectivity index (χ1n) is 9.43. The number of nitrogens with zero attached hydrogens (tertiary/aromatic N) is 2. The number of carbonyl (C=O) groups is 1. The number of nitrogens with one attached hydrogen (secondary N) is 2. The minimum Gasteiger partial charge on any atom is -0.351 e. The van der Waals surface area contributed by atoms with E-state index in [1.165, 1.54) is 5.56 Å². The van der Waals surface area contributed by atoms with Crippen LogP contribution in [0.1, 0.15) is 35.3 Å². The molecule has 5 nitrogen and oxygen atoms in total. The molecule has 3 unspecified atom stereocenters. The number of rotatable bonds is 4. The van der Waals surface area contributed by atoms with E-state index in [0.717, 1.165) is 22.9 Å². The molecule has 0 aliphatic carbocycles. The Kier molecular flexibility index (Phi) is 4.72. The van der Waals surface area contributed by atoms with Crippen LogP contribution in [-0.2, 0) is 7.05 Å². The first-order chi connectivity index (χ1) is 13.0. The Morgan fingerprint density at radius 1 is 1.15 bits per heavy atom. The lowest BCUT2D eigenvalue weighted by Gasteiger charge is -2.29. The maximum atomic E-state index is 13.0. The summed E-state index contributed by atoms with van der Waals surface area (Å²) in [5.41, 5.74) is 9.82. The molecule has 0 bridgehead atoms. The molecular weight excluding hydrogens is 336 g/mol. The van der Waals surface area contributed by atoms with Gasteiger partial charge in [-0.1, -0.05) is 36.4 Å². The van der Waals surface area contributed by atoms with Crippen LogP contribution < -0.4 is 10.9 Å². The fraction of sp³-hybridized carbons (Fsp3) is 0.318. The molecule has 1 aliphatic heterocycles. The van der Waals surface area contributed by atoms with E-state index in [1.807, 2.05) is 54.0 Å². The molecule has 3 atom stereocenters. The number of aryl methyl sites for hydroxylation is 1. The first-order valence-corrected chi connectivity index (χ1v) is 9.43. The highest BCUT2D eigenvalue weighted by atomic mass is 16.2. The zero-order valence-corrected chi connectivity index (χ0v) is 16.0. The number of fused-ring (bicyclic) bond motifs is 1. The topological polar surface area (TPSA) is 49.3 Å². The van der Waals surface area contributed by atoms with Gasteiger partial charge in [0.05, 0.1) is 0 Å². The molecule has 1 saturated heterocycles. The zero-order valence-electron chi connectivity index (χ0n) is 16.0. The average Bonchev–Trinajstić information content (AvgIpc) is 3.34. The Balaban J connectivity index is 1.47. The highest BCUT2D eigenvalue weighted by molar-refractivity contribution is 5.98. The van der Waals surface area contributed by atoms with Gasteiger partial charge in [0.15, 0.2) is 0 Å². The molecule has 1 fully saturated rings. The lowest BCUT2D eigenvalue weighted by molar-refractivity contribution is 0.0715. The first kappa shape index (κ1) is 17.8. The van der Waals surface area contributed by atoms with Crippen LogP contribution in [-0.4, -0.2) is 34.5 Å². The molecule has 27 heavy (non-hydrogen) atoms. The van der Waals surface area contributed by atoms with Crippen molar-refractivity contribution in [3.8, 4) is 0 Å². The summed E-state index contributed by atoms with van der Waals surface area (Å²) in [7, 11) is 3.89. The second kappa shape index (κ2) is 7.18. The predicted octanol–water partition coefficient (Wildman–Crippen LogP) is 3.25. The van der Waals surface area contributed by atoms with Gasteiger partial charge >= 0.3 is 0 Å². The lowest BCUT2D eigenvalue weighted by Crippen LogP contribution is -2.48. The van der Waals surface area contributed by atoms with E-state index in [-0.39, 0.29) is 24.0 Å². The van der Waals surface area contributed by atoms with Crippen LogP contribution in [0.2, 0.25) is 0 Å². The molecule has 3 aromatic rings. The molecule has 5 heteroatoms. The largest absolute Gasteiger partial charge is 0.351 e. The Morgan fingerprint density at radius 2 is 1.93 bits per heavy atom. The minimum absolute atomic E-state index is 0.0514. The van der Waals surface area contributed by atoms with E-state index in [4.69, 9.17) is 0 Å². The van der Waals surface area contributed by atoms with Crippen molar-refractivity contribution >= 4 is 16.8 Å². The molecule has 0 spiro atoms. The van der Waals surface area contributed by atoms with Gasteiger partial charge in [-0.25, -0.2) is 5.43 Å². The molecule has 0 radical (unpaired) electrons. The molecule has 4 rings (SSSR count). The van der Waals surface area contributed by atoms with E-state index >= 15 is 0 Å². The van der Waals surface area contributed by atoms with Gasteiger partial charge in [-0.3, -0.25) is 10.2 Å². The monoisotopic (exact) mass is 362 g/mol. The van der Waals surface area contributed by atoms with Gasteiger partial charge in [0.1, 0.15) is 0 Å². The van der Waals surface area contributed by atoms with Crippen molar-refractivity contribution in [2.24, 2.45) is 7.05 Å². The Hall–Kier alpha value is -2.63. The van der Waals surface area contributed by atoms with Gasteiger partial charge in [0, 0.05) is 49.5 Å². The molecule has 140 valence electrons. The fourth-order valence-corrected chi connectivity index (χ4v) is 3.86. The summed E-state index contributed by atoms with van der Waals surface area (Å²) in [5, 5.41) is 1.15. The van der Waals surface area contributed by atoms with Gasteiger partial charge in [-0.2, -0.15) is 0 Å². The van der Waals surface area contributed by atoms with E-state index in [1.54, 1.807) is 0 Å². The number of aromatic nitrogens is 1. The van der Waals surface area contributed by atoms with Gasteiger partial charge in [0.2, 0.25) is 0 Å². The number of benzene rings is 2. The van der Waals surface area contributed by atoms with Gasteiger partial charge in [-0.15, -0.1) is 0 Å². The fourth-order valence-electron chi connectivity index (χ4n) is 3.86. The normalized spacial score (nSPS) is 20.7. The summed E-state index contributed by atoms with van der Waals surface area (Å²) >= 11 is 0. The number of likely N-dealkylation sites (N-methyl/N-ethyl adjacent to an activating group) is 1. The van der Waals surface area contributed by atoms with Crippen LogP contribution >= 0.6 is 0 Å². The van der Waals surface area contributed by atoms with E-state index < -0.39 is 0 Å². The predicted molar refractivity (Wildman–Crippen MR) is 108 cm³/mol. The van der Waals surface area contributed by atoms with Crippen molar-refractivity contribution in [2.75, 3.05) is 7.05 Å². The van der Waals surface area contributed by atoms with Gasteiger partial charge in [0.25, 0.3) is 5.91 Å². The number of hydrazine groups is 1. The summed E-state index contributed by atoms with van der Waals surface area (Å²) in [6.45, 7) is 2.10. The van der Waals surface area contributed by atoms with Gasteiger partial charge < -0.3 is 9.47 Å². The third-order valence-electron chi connectivity index (χ3n) is 5.78. The lowest BCUT2D eigenvalue weighted by atomic mass is 9.98. The zero-order chi connectivity index (χ0) is 19.0. The standard InChI is InChI=1S/C22H26N4O/c1-15(19-14-20(24-23-19)16-7-5-4-6-8-16)26(3)22(27)18-10-9-17-11-12-25(2)21(17)13-18/h4-13,15,19-20,23-24H,14H2,1-3H3. The highest BCUT2D eigenvalue weighted by Gasteiger charge is 2.32. The highest BCUT2D eigenvalue weighted by Crippen LogP contribution is 2.25. The van der Waals surface area contributed by atoms with Crippen LogP contribution in [0.25, 0.3) is 10.9 Å². The van der Waals surface area contributed by atoms with E-state index in [2.05, 4.69) is 48.1 Å². The Labute approximate surface area is 159 Å². The Bertz CT molecular complexity index is 949. The molecule has 2 heterocycles. The molecule has 1 aliphatic rings. The average molecular weight is 362 g/mol. The van der Waals surface area contributed by atoms with E-state index in [0.29, 0.717) is 0 Å². The van der Waals surface area contributed by atoms with Crippen molar-refractivity contribution in [1.29, 1.82) is 0 Å². The number of amides is 1. The molecule has 1 aromatic heterocycles. The van der Waals surface area contributed by atoms with Crippen molar-refractivity contribution in [3.63, 3.8) is 0 Å². The number of carbonyl (C=O) groups excluding carboxylic acids is 1. The minimum atomic E-state index is 0.0514. The molecule has 2 aromatic carbocycles. The summed E-state index contributed by atoms with van der Waals surface area (Å²) in [6, 6.07) is 18.9. The van der Waals surface area contributed by atoms with Crippen molar-refractivity contribution in [2.45, 2.75) is 31.5 Å². The number of hydrogen-bond donors (Lipinski definition) is 2. The second-order valence-corrected chi connectivity index (χ2v) is 7.45. The van der Waals surface area contributed by atoms with Crippen molar-refractivity contribution < 1.29 is 4.79 Å². The SMILES string of the molecule is CC(C1CC(c2ccccc2)NN1)N(C)C(=O)c1ccc2ccn(C)c2c1. The van der Waals surface area contributed by atoms with Crippen LogP contribution in [0.3, 0.4) is 0 Å². The van der Waals surface area contributed by atoms with Crippen molar-refractivity contribution in [3.05, 3.63) is 71.9 Å². The summed E-state index contributed by atoms with van der Waals surface area (Å²) in [4.78, 5) is 14.9. The van der Waals surface area contributed by atoms with Crippen LogP contribution in [0.4, 0.5) is 0 Å². The van der Waals surface area contributed by atoms with Crippen molar-refractivity contribution in [1.82, 2.24) is 20.3 Å². The Morgan fingerprint density at radius 3 is 2.70 bits per heavy atom. The maximum Gasteiger partial charge on any atom is 0.253 e. The molecular formula is C22H26N4O. The molecule has 1 amide bonds. The van der Waals surface area contributed by atoms with Crippen LogP contribution in [0, 0.1) is 0 Å². The maximum absolute atomic E-state index is 13.0. The third kappa shape index (κ3) is 3.36. The molecule has 2 N–H and O–H groups in total. The van der Waals surface area contributed by atoms with E-state index in [9.17, 15) is 4.79 Å². The quantitative estimate of drug-likeness (QED) is 0.749. The number of hydrogen-bond acceptors (Lipinski definition) is 3. The summed E-state index contributed by atoms with van der Waals surface area (Å²) in [5.74, 6) is 0.0514. The summed E-state index contributed by atoms with van der Waals surface area (Å²) in [6.07, 6.45) is 2.96. The van der Waals surface area contributed by atoms with Crippen LogP contribution in [0.5, 0.6) is 0 Å². The van der Waals surface area contributed by atoms with Gasteiger partial charge in [-0.05, 0) is 42.5 Å².